The van der Waals surface area contributed by atoms with Crippen molar-refractivity contribution in [3.05, 3.63) is 29.8 Å². The van der Waals surface area contributed by atoms with Crippen LogP contribution >= 0.6 is 0 Å². The number of anilines is 1. The molecule has 0 bridgehead atoms. The highest BCUT2D eigenvalue weighted by Crippen LogP contribution is 2.25. The second kappa shape index (κ2) is 9.84. The van der Waals surface area contributed by atoms with Gasteiger partial charge in [-0.3, -0.25) is 14.4 Å². The maximum Gasteiger partial charge on any atom is 0.253 e. The number of hydrogen-bond acceptors (Lipinski definition) is 3. The maximum absolute atomic E-state index is 13.0. The van der Waals surface area contributed by atoms with Gasteiger partial charge >= 0.3 is 0 Å². The van der Waals surface area contributed by atoms with Gasteiger partial charge in [0.1, 0.15) is 0 Å². The van der Waals surface area contributed by atoms with Crippen molar-refractivity contribution in [2.75, 3.05) is 18.4 Å². The molecule has 1 aliphatic heterocycles. The minimum atomic E-state index is -0.478. The quantitative estimate of drug-likeness (QED) is 0.755. The molecule has 170 valence electrons. The highest BCUT2D eigenvalue weighted by Gasteiger charge is 2.30. The highest BCUT2D eigenvalue weighted by atomic mass is 16.2. The van der Waals surface area contributed by atoms with Gasteiger partial charge in [-0.1, -0.05) is 27.7 Å². The molecule has 6 heteroatoms. The molecule has 1 heterocycles. The number of nitrogens with one attached hydrogen (secondary N) is 2. The van der Waals surface area contributed by atoms with Gasteiger partial charge in [0.05, 0.1) is 5.92 Å². The Morgan fingerprint density at radius 2 is 1.61 bits per heavy atom. The summed E-state index contributed by atoms with van der Waals surface area (Å²) in [6, 6.07) is 7.29. The minimum absolute atomic E-state index is 0.0577. The number of nitrogens with zero attached hydrogens (tertiary/aromatic N) is 1. The van der Waals surface area contributed by atoms with E-state index in [0.29, 0.717) is 24.3 Å². The van der Waals surface area contributed by atoms with Gasteiger partial charge in [-0.05, 0) is 68.7 Å². The maximum atomic E-state index is 13.0. The van der Waals surface area contributed by atoms with Crippen LogP contribution in [0.15, 0.2) is 24.3 Å². The zero-order valence-corrected chi connectivity index (χ0v) is 19.4. The Bertz CT molecular complexity index is 789. The van der Waals surface area contributed by atoms with Crippen molar-refractivity contribution in [2.24, 2.45) is 17.3 Å². The van der Waals surface area contributed by atoms with Crippen LogP contribution in [0.1, 0.15) is 76.6 Å². The number of carbonyl (C=O) groups excluding carboxylic acids is 3. The van der Waals surface area contributed by atoms with Gasteiger partial charge in [-0.25, -0.2) is 0 Å². The molecule has 1 aliphatic carbocycles. The lowest BCUT2D eigenvalue weighted by Crippen LogP contribution is -2.48. The number of hydrogen-bond donors (Lipinski definition) is 2. The van der Waals surface area contributed by atoms with Crippen LogP contribution in [-0.4, -0.2) is 41.8 Å². The van der Waals surface area contributed by atoms with Gasteiger partial charge in [-0.15, -0.1) is 0 Å². The predicted octanol–water partition coefficient (Wildman–Crippen LogP) is 4.22. The van der Waals surface area contributed by atoms with E-state index in [9.17, 15) is 14.4 Å². The molecule has 6 nitrogen and oxygen atoms in total. The van der Waals surface area contributed by atoms with Crippen LogP contribution in [-0.2, 0) is 9.59 Å². The Kier molecular flexibility index (Phi) is 7.39. The number of likely N-dealkylation sites (tertiary alicyclic amines) is 1. The van der Waals surface area contributed by atoms with E-state index in [-0.39, 0.29) is 29.7 Å². The van der Waals surface area contributed by atoms with E-state index in [2.05, 4.69) is 17.6 Å². The summed E-state index contributed by atoms with van der Waals surface area (Å²) in [6.45, 7) is 8.99. The van der Waals surface area contributed by atoms with Crippen LogP contribution < -0.4 is 10.6 Å². The highest BCUT2D eigenvalue weighted by molar-refractivity contribution is 5.97. The molecule has 0 aromatic heterocycles. The average Bonchev–Trinajstić information content (AvgIpc) is 2.75. The third-order valence-corrected chi connectivity index (χ3v) is 6.51. The van der Waals surface area contributed by atoms with Crippen LogP contribution in [0.4, 0.5) is 5.69 Å². The van der Waals surface area contributed by atoms with Gasteiger partial charge in [0, 0.05) is 35.8 Å². The van der Waals surface area contributed by atoms with Crippen molar-refractivity contribution in [1.29, 1.82) is 0 Å². The fourth-order valence-corrected chi connectivity index (χ4v) is 4.30. The van der Waals surface area contributed by atoms with Crippen LogP contribution in [0.25, 0.3) is 0 Å². The molecule has 2 N–H and O–H groups in total. The second-order valence-corrected chi connectivity index (χ2v) is 10.3. The lowest BCUT2D eigenvalue weighted by Gasteiger charge is -2.34. The summed E-state index contributed by atoms with van der Waals surface area (Å²) in [5, 5.41) is 6.10. The first-order valence-corrected chi connectivity index (χ1v) is 11.6. The van der Waals surface area contributed by atoms with Crippen LogP contribution in [0.5, 0.6) is 0 Å². The first-order chi connectivity index (χ1) is 14.6. The smallest absolute Gasteiger partial charge is 0.253 e. The molecule has 31 heavy (non-hydrogen) atoms. The SMILES string of the molecule is CC1CCC(NC(=O)C2CCCN(C(=O)c3ccc(NC(=O)C(C)(C)C)cc3)C2)CC1. The van der Waals surface area contributed by atoms with Crippen molar-refractivity contribution < 1.29 is 14.4 Å². The molecule has 1 saturated heterocycles. The van der Waals surface area contributed by atoms with Crippen molar-refractivity contribution in [2.45, 2.75) is 72.3 Å². The van der Waals surface area contributed by atoms with Crippen molar-refractivity contribution in [3.8, 4) is 0 Å². The number of rotatable bonds is 4. The minimum Gasteiger partial charge on any atom is -0.353 e. The Hall–Kier alpha value is -2.37. The van der Waals surface area contributed by atoms with E-state index in [1.807, 2.05) is 20.8 Å². The van der Waals surface area contributed by atoms with Crippen LogP contribution in [0, 0.1) is 17.3 Å². The fraction of sp³-hybridized carbons (Fsp3) is 0.640. The molecule has 2 aliphatic rings. The molecular weight excluding hydrogens is 390 g/mol. The molecule has 2 fully saturated rings. The van der Waals surface area contributed by atoms with E-state index < -0.39 is 5.41 Å². The van der Waals surface area contributed by atoms with Gasteiger partial charge in [0.25, 0.3) is 5.91 Å². The van der Waals surface area contributed by atoms with Gasteiger partial charge in [0.2, 0.25) is 11.8 Å². The van der Waals surface area contributed by atoms with E-state index in [1.54, 1.807) is 29.2 Å². The summed E-state index contributed by atoms with van der Waals surface area (Å²) < 4.78 is 0. The lowest BCUT2D eigenvalue weighted by molar-refractivity contribution is -0.127. The molecule has 3 amide bonds. The predicted molar refractivity (Wildman–Crippen MR) is 123 cm³/mol. The standard InChI is InChI=1S/C25H37N3O3/c1-17-7-11-20(12-8-17)26-22(29)19-6-5-15-28(16-19)23(30)18-9-13-21(14-10-18)27-24(31)25(2,3)4/h9-10,13-14,17,19-20H,5-8,11-12,15-16H2,1-4H3,(H,26,29)(H,27,31). The van der Waals surface area contributed by atoms with Gasteiger partial charge in [0.15, 0.2) is 0 Å². The molecule has 3 rings (SSSR count). The summed E-state index contributed by atoms with van der Waals surface area (Å²) in [6.07, 6.45) is 6.13. The first kappa shape index (κ1) is 23.3. The van der Waals surface area contributed by atoms with Gasteiger partial charge in [-0.2, -0.15) is 0 Å². The summed E-state index contributed by atoms with van der Waals surface area (Å²) in [5.41, 5.74) is 0.776. The van der Waals surface area contributed by atoms with Crippen LogP contribution in [0.2, 0.25) is 0 Å². The monoisotopic (exact) mass is 427 g/mol. The summed E-state index contributed by atoms with van der Waals surface area (Å²) >= 11 is 0. The van der Waals surface area contributed by atoms with Crippen molar-refractivity contribution in [1.82, 2.24) is 10.2 Å². The third-order valence-electron chi connectivity index (χ3n) is 6.51. The number of amides is 3. The summed E-state index contributed by atoms with van der Waals surface area (Å²) in [4.78, 5) is 39.7. The molecular formula is C25H37N3O3. The number of piperidine rings is 1. The Balaban J connectivity index is 1.55. The normalized spacial score (nSPS) is 24.4. The Labute approximate surface area is 186 Å². The Morgan fingerprint density at radius 3 is 2.23 bits per heavy atom. The molecule has 1 aromatic carbocycles. The fourth-order valence-electron chi connectivity index (χ4n) is 4.30. The third kappa shape index (κ3) is 6.31. The summed E-state index contributed by atoms with van der Waals surface area (Å²) in [5.74, 6) is 0.588. The topological polar surface area (TPSA) is 78.5 Å². The van der Waals surface area contributed by atoms with Crippen molar-refractivity contribution in [3.63, 3.8) is 0 Å². The largest absolute Gasteiger partial charge is 0.353 e. The molecule has 1 saturated carbocycles. The Morgan fingerprint density at radius 1 is 0.968 bits per heavy atom. The zero-order valence-electron chi connectivity index (χ0n) is 19.4. The second-order valence-electron chi connectivity index (χ2n) is 10.3. The number of benzene rings is 1. The van der Waals surface area contributed by atoms with E-state index >= 15 is 0 Å². The van der Waals surface area contributed by atoms with E-state index in [4.69, 9.17) is 0 Å². The first-order valence-electron chi connectivity index (χ1n) is 11.6. The van der Waals surface area contributed by atoms with E-state index in [1.165, 1.54) is 12.8 Å². The number of carbonyl (C=O) groups is 3. The molecule has 1 atom stereocenters. The van der Waals surface area contributed by atoms with E-state index in [0.717, 1.165) is 31.6 Å². The average molecular weight is 428 g/mol. The van der Waals surface area contributed by atoms with Gasteiger partial charge < -0.3 is 15.5 Å². The zero-order chi connectivity index (χ0) is 22.6. The molecule has 0 spiro atoms. The lowest BCUT2D eigenvalue weighted by atomic mass is 9.87. The molecule has 1 aromatic rings. The molecule has 1 unspecified atom stereocenters. The summed E-state index contributed by atoms with van der Waals surface area (Å²) in [7, 11) is 0. The van der Waals surface area contributed by atoms with Crippen LogP contribution in [0.3, 0.4) is 0 Å². The molecule has 0 radical (unpaired) electrons. The van der Waals surface area contributed by atoms with Crippen molar-refractivity contribution >= 4 is 23.4 Å².